The largest absolute Gasteiger partial charge is 0.431 e. The van der Waals surface area contributed by atoms with Crippen molar-refractivity contribution in [3.05, 3.63) is 12.0 Å². The van der Waals surface area contributed by atoms with Crippen molar-refractivity contribution in [2.75, 3.05) is 51.8 Å². The number of nitrogens with zero attached hydrogens (tertiary/aromatic N) is 5. The van der Waals surface area contributed by atoms with Gasteiger partial charge >= 0.3 is 6.01 Å². The lowest BCUT2D eigenvalue weighted by molar-refractivity contribution is -0.124. The summed E-state index contributed by atoms with van der Waals surface area (Å²) in [6.45, 7) is 3.67. The maximum absolute atomic E-state index is 13.7. The Labute approximate surface area is 217 Å². The SMILES string of the molecule is CN1CCC(C#N)(NC(=O)C(CC2CCCCC2)N=C(Nc2nc(C(N)=O)co2)N2CCOCC2)CC1. The smallest absolute Gasteiger partial charge is 0.302 e. The predicted molar refractivity (Wildman–Crippen MR) is 137 cm³/mol. The standard InChI is InChI=1S/C25H38N8O4/c1-32-9-7-25(17-26,8-10-32)31-22(35)19(15-18-5-3-2-4-6-18)28-23(33-11-13-36-14-12-33)30-24-29-20(16-37-24)21(27)34/h16,18-19H,2-15H2,1H3,(H2,27,34)(H,31,35)(H,28,29,30). The van der Waals surface area contributed by atoms with Crippen LogP contribution in [0.25, 0.3) is 0 Å². The summed E-state index contributed by atoms with van der Waals surface area (Å²) in [5.74, 6) is -0.130. The molecule has 4 N–H and O–H groups in total. The Morgan fingerprint density at radius 2 is 1.95 bits per heavy atom. The molecule has 0 aromatic carbocycles. The number of likely N-dealkylation sites (tertiary alicyclic amines) is 1. The van der Waals surface area contributed by atoms with Crippen LogP contribution in [0, 0.1) is 17.2 Å². The molecular formula is C25H38N8O4. The minimum atomic E-state index is -0.893. The normalized spacial score (nSPS) is 22.2. The summed E-state index contributed by atoms with van der Waals surface area (Å²) in [5.41, 5.74) is 4.42. The van der Waals surface area contributed by atoms with Gasteiger partial charge in [0.05, 0.1) is 19.3 Å². The number of carbonyl (C=O) groups excluding carboxylic acids is 2. The van der Waals surface area contributed by atoms with E-state index in [4.69, 9.17) is 19.9 Å². The maximum atomic E-state index is 13.7. The first-order valence-electron chi connectivity index (χ1n) is 13.2. The van der Waals surface area contributed by atoms with Crippen LogP contribution in [0.2, 0.25) is 0 Å². The van der Waals surface area contributed by atoms with Crippen LogP contribution in [-0.2, 0) is 9.53 Å². The van der Waals surface area contributed by atoms with Crippen LogP contribution in [0.4, 0.5) is 6.01 Å². The van der Waals surface area contributed by atoms with Crippen molar-refractivity contribution >= 4 is 23.8 Å². The Bertz CT molecular complexity index is 999. The molecule has 2 amide bonds. The number of morpholine rings is 1. The molecule has 3 fully saturated rings. The molecule has 37 heavy (non-hydrogen) atoms. The van der Waals surface area contributed by atoms with Crippen LogP contribution in [0.3, 0.4) is 0 Å². The van der Waals surface area contributed by atoms with Gasteiger partial charge < -0.3 is 30.0 Å². The van der Waals surface area contributed by atoms with Gasteiger partial charge in [0.25, 0.3) is 5.91 Å². The van der Waals surface area contributed by atoms with E-state index in [1.165, 1.54) is 12.7 Å². The number of oxazole rings is 1. The molecule has 202 valence electrons. The third kappa shape index (κ3) is 7.20. The van der Waals surface area contributed by atoms with Crippen LogP contribution >= 0.6 is 0 Å². The van der Waals surface area contributed by atoms with Gasteiger partial charge in [-0.2, -0.15) is 10.2 Å². The minimum absolute atomic E-state index is 0.00134. The van der Waals surface area contributed by atoms with Gasteiger partial charge in [-0.15, -0.1) is 0 Å². The highest BCUT2D eigenvalue weighted by Crippen LogP contribution is 2.29. The zero-order valence-corrected chi connectivity index (χ0v) is 21.6. The molecule has 1 aromatic rings. The van der Waals surface area contributed by atoms with Crippen LogP contribution < -0.4 is 16.4 Å². The van der Waals surface area contributed by atoms with Gasteiger partial charge in [-0.1, -0.05) is 32.1 Å². The molecule has 3 heterocycles. The number of hydrogen-bond acceptors (Lipinski definition) is 8. The third-order valence-electron chi connectivity index (χ3n) is 7.57. The molecule has 1 saturated carbocycles. The van der Waals surface area contributed by atoms with E-state index in [2.05, 4.69) is 26.6 Å². The molecule has 2 aliphatic heterocycles. The van der Waals surface area contributed by atoms with Gasteiger partial charge in [0.1, 0.15) is 17.8 Å². The summed E-state index contributed by atoms with van der Waals surface area (Å²) < 4.78 is 10.9. The van der Waals surface area contributed by atoms with Crippen LogP contribution in [0.15, 0.2) is 15.7 Å². The Balaban J connectivity index is 1.60. The average Bonchev–Trinajstić information content (AvgIpc) is 3.39. The van der Waals surface area contributed by atoms with Gasteiger partial charge in [-0.3, -0.25) is 14.9 Å². The number of guanidine groups is 1. The Hall–Kier alpha value is -3.17. The average molecular weight is 515 g/mol. The first kappa shape index (κ1) is 26.9. The zero-order chi connectivity index (χ0) is 26.3. The predicted octanol–water partition coefficient (Wildman–Crippen LogP) is 1.32. The number of nitriles is 1. The topological polar surface area (TPSA) is 162 Å². The van der Waals surface area contributed by atoms with Crippen molar-refractivity contribution < 1.29 is 18.7 Å². The summed E-state index contributed by atoms with van der Waals surface area (Å²) >= 11 is 0. The van der Waals surface area contributed by atoms with E-state index < -0.39 is 17.5 Å². The molecule has 1 unspecified atom stereocenters. The number of nitrogens with one attached hydrogen (secondary N) is 2. The summed E-state index contributed by atoms with van der Waals surface area (Å²) in [6.07, 6.45) is 8.58. The van der Waals surface area contributed by atoms with Gasteiger partial charge in [0, 0.05) is 26.2 Å². The van der Waals surface area contributed by atoms with Gasteiger partial charge in [0.2, 0.25) is 11.9 Å². The second kappa shape index (κ2) is 12.4. The quantitative estimate of drug-likeness (QED) is 0.360. The second-order valence-corrected chi connectivity index (χ2v) is 10.3. The number of rotatable bonds is 7. The Morgan fingerprint density at radius 1 is 1.24 bits per heavy atom. The first-order chi connectivity index (χ1) is 17.9. The fourth-order valence-electron chi connectivity index (χ4n) is 5.20. The highest BCUT2D eigenvalue weighted by atomic mass is 16.5. The highest BCUT2D eigenvalue weighted by molar-refractivity contribution is 5.96. The number of primary amides is 1. The molecular weight excluding hydrogens is 476 g/mol. The molecule has 0 spiro atoms. The molecule has 4 rings (SSSR count). The monoisotopic (exact) mass is 514 g/mol. The van der Waals surface area contributed by atoms with E-state index >= 15 is 0 Å². The van der Waals surface area contributed by atoms with Crippen molar-refractivity contribution in [3.8, 4) is 6.07 Å². The number of ether oxygens (including phenoxy) is 1. The van der Waals surface area contributed by atoms with Gasteiger partial charge in [0.15, 0.2) is 5.69 Å². The first-order valence-corrected chi connectivity index (χ1v) is 13.2. The fourth-order valence-corrected chi connectivity index (χ4v) is 5.20. The molecule has 1 aliphatic carbocycles. The molecule has 0 radical (unpaired) electrons. The lowest BCUT2D eigenvalue weighted by atomic mass is 9.84. The lowest BCUT2D eigenvalue weighted by Crippen LogP contribution is -2.56. The van der Waals surface area contributed by atoms with E-state index in [9.17, 15) is 14.9 Å². The summed E-state index contributed by atoms with van der Waals surface area (Å²) in [5, 5.41) is 16.1. The van der Waals surface area contributed by atoms with Crippen molar-refractivity contribution in [3.63, 3.8) is 0 Å². The number of aromatic nitrogens is 1. The molecule has 3 aliphatic rings. The van der Waals surface area contributed by atoms with Gasteiger partial charge in [-0.25, -0.2) is 4.99 Å². The number of nitrogens with two attached hydrogens (primary N) is 1. The number of hydrogen-bond donors (Lipinski definition) is 3. The molecule has 1 atom stereocenters. The molecule has 1 aromatic heterocycles. The summed E-state index contributed by atoms with van der Waals surface area (Å²) in [4.78, 5) is 38.4. The van der Waals surface area contributed by atoms with E-state index in [1.54, 1.807) is 0 Å². The van der Waals surface area contributed by atoms with Crippen molar-refractivity contribution in [2.24, 2.45) is 16.6 Å². The highest BCUT2D eigenvalue weighted by Gasteiger charge is 2.38. The van der Waals surface area contributed by atoms with Crippen molar-refractivity contribution in [1.29, 1.82) is 5.26 Å². The van der Waals surface area contributed by atoms with E-state index in [0.29, 0.717) is 57.4 Å². The van der Waals surface area contributed by atoms with Crippen LogP contribution in [-0.4, -0.2) is 90.6 Å². The molecule has 0 bridgehead atoms. The lowest BCUT2D eigenvalue weighted by Gasteiger charge is -2.37. The summed E-state index contributed by atoms with van der Waals surface area (Å²) in [6, 6.07) is 1.76. The molecule has 2 saturated heterocycles. The minimum Gasteiger partial charge on any atom is -0.431 e. The van der Waals surface area contributed by atoms with Gasteiger partial charge in [-0.05, 0) is 32.2 Å². The number of carbonyl (C=O) groups is 2. The van der Waals surface area contributed by atoms with Crippen LogP contribution in [0.5, 0.6) is 0 Å². The molecule has 12 nitrogen and oxygen atoms in total. The summed E-state index contributed by atoms with van der Waals surface area (Å²) in [7, 11) is 2.02. The van der Waals surface area contributed by atoms with Crippen LogP contribution in [0.1, 0.15) is 61.9 Å². The third-order valence-corrected chi connectivity index (χ3v) is 7.57. The number of piperidine rings is 1. The van der Waals surface area contributed by atoms with E-state index in [0.717, 1.165) is 38.8 Å². The number of anilines is 1. The maximum Gasteiger partial charge on any atom is 0.302 e. The Kier molecular flexibility index (Phi) is 9.00. The number of aliphatic imine (C=N–C) groups is 1. The Morgan fingerprint density at radius 3 is 2.57 bits per heavy atom. The van der Waals surface area contributed by atoms with E-state index in [-0.39, 0.29) is 17.6 Å². The number of amides is 2. The second-order valence-electron chi connectivity index (χ2n) is 10.3. The van der Waals surface area contributed by atoms with E-state index in [1.807, 2.05) is 11.9 Å². The van der Waals surface area contributed by atoms with Crippen molar-refractivity contribution in [1.82, 2.24) is 20.1 Å². The zero-order valence-electron chi connectivity index (χ0n) is 21.6. The molecule has 12 heteroatoms. The fraction of sp³-hybridized carbons (Fsp3) is 0.720. The van der Waals surface area contributed by atoms with Crippen molar-refractivity contribution in [2.45, 2.75) is 62.9 Å².